The minimum Gasteiger partial charge on any atom is -0.493 e. The summed E-state index contributed by atoms with van der Waals surface area (Å²) < 4.78 is 18.5. The fourth-order valence-corrected chi connectivity index (χ4v) is 3.12. The van der Waals surface area contributed by atoms with E-state index in [2.05, 4.69) is 15.3 Å². The zero-order valence-corrected chi connectivity index (χ0v) is 16.4. The molecule has 0 spiro atoms. The Labute approximate surface area is 166 Å². The van der Waals surface area contributed by atoms with E-state index in [9.17, 15) is 5.11 Å². The molecule has 1 atom stereocenters. The molecule has 0 amide bonds. The maximum Gasteiger partial charge on any atom is 0.161 e. The first-order chi connectivity index (χ1) is 13.7. The van der Waals surface area contributed by atoms with Crippen LogP contribution >= 0.6 is 0 Å². The fraction of sp³-hybridized carbons (Fsp3) is 0.550. The second-order valence-electron chi connectivity index (χ2n) is 6.81. The summed E-state index contributed by atoms with van der Waals surface area (Å²) in [6.07, 6.45) is 3.18. The molecule has 3 rings (SSSR count). The largest absolute Gasteiger partial charge is 0.493 e. The highest BCUT2D eigenvalue weighted by Gasteiger charge is 2.16. The molecule has 8 heteroatoms. The minimum atomic E-state index is -0.550. The lowest BCUT2D eigenvalue weighted by Gasteiger charge is -2.28. The molecule has 1 aliphatic heterocycles. The van der Waals surface area contributed by atoms with Gasteiger partial charge in [0.05, 0.1) is 26.9 Å². The second kappa shape index (κ2) is 11.0. The van der Waals surface area contributed by atoms with Gasteiger partial charge in [0.25, 0.3) is 0 Å². The summed E-state index contributed by atoms with van der Waals surface area (Å²) in [6, 6.07) is 7.78. The first kappa shape index (κ1) is 20.6. The highest BCUT2D eigenvalue weighted by molar-refractivity contribution is 5.43. The molecule has 0 bridgehead atoms. The molecule has 2 N–H and O–H groups in total. The lowest BCUT2D eigenvalue weighted by Crippen LogP contribution is -2.42. The highest BCUT2D eigenvalue weighted by atomic mass is 16.5. The van der Waals surface area contributed by atoms with Crippen LogP contribution in [0.2, 0.25) is 0 Å². The normalized spacial score (nSPS) is 16.1. The van der Waals surface area contributed by atoms with E-state index >= 15 is 0 Å². The van der Waals surface area contributed by atoms with Crippen LogP contribution in [0.3, 0.4) is 0 Å². The van der Waals surface area contributed by atoms with Crippen molar-refractivity contribution in [2.24, 2.45) is 0 Å². The van der Waals surface area contributed by atoms with Gasteiger partial charge in [-0.15, -0.1) is 0 Å². The molecule has 2 heterocycles. The van der Waals surface area contributed by atoms with E-state index in [1.807, 2.05) is 35.1 Å². The maximum atomic E-state index is 10.2. The van der Waals surface area contributed by atoms with E-state index in [4.69, 9.17) is 14.2 Å². The summed E-state index contributed by atoms with van der Waals surface area (Å²) in [5, 5.41) is 17.8. The molecule has 0 saturated carbocycles. The second-order valence-corrected chi connectivity index (χ2v) is 6.81. The molecule has 154 valence electrons. The number of morpholine rings is 1. The number of β-amino-alcohol motifs (C(OH)–C–C–N with tert-alkyl or cyclic N) is 1. The van der Waals surface area contributed by atoms with Gasteiger partial charge >= 0.3 is 0 Å². The number of methoxy groups -OCH3 is 1. The van der Waals surface area contributed by atoms with Gasteiger partial charge in [-0.3, -0.25) is 9.58 Å². The van der Waals surface area contributed by atoms with Crippen LogP contribution in [0.4, 0.5) is 0 Å². The minimum absolute atomic E-state index is 0.231. The SMILES string of the molecule is COc1cc(CNCCn2cccn2)ccc1OCC(O)CN1CCOCC1. The average Bonchev–Trinajstić information content (AvgIpc) is 3.24. The molecule has 0 aliphatic carbocycles. The molecule has 0 radical (unpaired) electrons. The van der Waals surface area contributed by atoms with Crippen molar-refractivity contribution in [2.45, 2.75) is 19.2 Å². The van der Waals surface area contributed by atoms with Crippen LogP contribution in [0.15, 0.2) is 36.7 Å². The van der Waals surface area contributed by atoms with Crippen molar-refractivity contribution in [1.29, 1.82) is 0 Å². The molecular weight excluding hydrogens is 360 g/mol. The third-order valence-electron chi connectivity index (χ3n) is 4.64. The molecule has 8 nitrogen and oxygen atoms in total. The van der Waals surface area contributed by atoms with Crippen molar-refractivity contribution in [2.75, 3.05) is 53.1 Å². The number of aliphatic hydroxyl groups excluding tert-OH is 1. The van der Waals surface area contributed by atoms with Crippen molar-refractivity contribution in [3.05, 3.63) is 42.2 Å². The Morgan fingerprint density at radius 2 is 2.14 bits per heavy atom. The van der Waals surface area contributed by atoms with Gasteiger partial charge in [-0.1, -0.05) is 6.07 Å². The Morgan fingerprint density at radius 3 is 2.89 bits per heavy atom. The van der Waals surface area contributed by atoms with Crippen molar-refractivity contribution >= 4 is 0 Å². The third-order valence-corrected chi connectivity index (χ3v) is 4.64. The molecule has 1 aromatic carbocycles. The van der Waals surface area contributed by atoms with Crippen molar-refractivity contribution in [3.8, 4) is 11.5 Å². The lowest BCUT2D eigenvalue weighted by molar-refractivity contribution is 0.00445. The van der Waals surface area contributed by atoms with E-state index in [1.165, 1.54) is 0 Å². The van der Waals surface area contributed by atoms with Gasteiger partial charge in [-0.25, -0.2) is 0 Å². The van der Waals surface area contributed by atoms with Crippen molar-refractivity contribution in [1.82, 2.24) is 20.0 Å². The number of hydrogen-bond acceptors (Lipinski definition) is 7. The number of benzene rings is 1. The Kier molecular flexibility index (Phi) is 8.10. The molecule has 1 aliphatic rings. The molecule has 2 aromatic rings. The Bertz CT molecular complexity index is 690. The van der Waals surface area contributed by atoms with E-state index in [1.54, 1.807) is 13.3 Å². The summed E-state index contributed by atoms with van der Waals surface area (Å²) in [4.78, 5) is 2.19. The zero-order valence-electron chi connectivity index (χ0n) is 16.4. The molecule has 1 fully saturated rings. The average molecular weight is 390 g/mol. The smallest absolute Gasteiger partial charge is 0.161 e. The van der Waals surface area contributed by atoms with Crippen LogP contribution in [0.5, 0.6) is 11.5 Å². The standard InChI is InChI=1S/C20H30N4O4/c1-26-20-13-17(14-21-6-8-24-7-2-5-22-24)3-4-19(20)28-16-18(25)15-23-9-11-27-12-10-23/h2-5,7,13,18,21,25H,6,8-12,14-16H2,1H3. The van der Waals surface area contributed by atoms with Gasteiger partial charge in [0, 0.05) is 45.1 Å². The Balaban J connectivity index is 1.42. The van der Waals surface area contributed by atoms with E-state index in [0.29, 0.717) is 18.0 Å². The fourth-order valence-electron chi connectivity index (χ4n) is 3.12. The molecule has 1 aromatic heterocycles. The van der Waals surface area contributed by atoms with Gasteiger partial charge < -0.3 is 24.6 Å². The number of aliphatic hydroxyl groups is 1. The Hall–Kier alpha value is -2.13. The third kappa shape index (κ3) is 6.49. The van der Waals surface area contributed by atoms with Crippen molar-refractivity contribution in [3.63, 3.8) is 0 Å². The summed E-state index contributed by atoms with van der Waals surface area (Å²) in [7, 11) is 1.63. The first-order valence-corrected chi connectivity index (χ1v) is 9.70. The topological polar surface area (TPSA) is 81.0 Å². The first-order valence-electron chi connectivity index (χ1n) is 9.70. The lowest BCUT2D eigenvalue weighted by atomic mass is 10.2. The number of hydrogen-bond donors (Lipinski definition) is 2. The molecular formula is C20H30N4O4. The summed E-state index contributed by atoms with van der Waals surface area (Å²) in [6.45, 7) is 6.35. The van der Waals surface area contributed by atoms with Gasteiger partial charge in [0.15, 0.2) is 11.5 Å². The van der Waals surface area contributed by atoms with Crippen LogP contribution < -0.4 is 14.8 Å². The van der Waals surface area contributed by atoms with Gasteiger partial charge in [0.1, 0.15) is 12.7 Å². The number of aromatic nitrogens is 2. The molecule has 1 unspecified atom stereocenters. The van der Waals surface area contributed by atoms with E-state index in [-0.39, 0.29) is 6.61 Å². The molecule has 28 heavy (non-hydrogen) atoms. The predicted molar refractivity (Wildman–Crippen MR) is 106 cm³/mol. The van der Waals surface area contributed by atoms with E-state index < -0.39 is 6.10 Å². The zero-order chi connectivity index (χ0) is 19.6. The van der Waals surface area contributed by atoms with Crippen molar-refractivity contribution < 1.29 is 19.3 Å². The van der Waals surface area contributed by atoms with E-state index in [0.717, 1.165) is 51.5 Å². The van der Waals surface area contributed by atoms with Gasteiger partial charge in [0.2, 0.25) is 0 Å². The highest BCUT2D eigenvalue weighted by Crippen LogP contribution is 2.28. The summed E-state index contributed by atoms with van der Waals surface area (Å²) in [5.41, 5.74) is 1.11. The van der Waals surface area contributed by atoms with Crippen LogP contribution in [0.25, 0.3) is 0 Å². The maximum absolute atomic E-state index is 10.2. The summed E-state index contributed by atoms with van der Waals surface area (Å²) >= 11 is 0. The number of nitrogens with zero attached hydrogens (tertiary/aromatic N) is 3. The predicted octanol–water partition coefficient (Wildman–Crippen LogP) is 0.753. The quantitative estimate of drug-likeness (QED) is 0.548. The number of ether oxygens (including phenoxy) is 3. The number of nitrogens with one attached hydrogen (secondary N) is 1. The summed E-state index contributed by atoms with van der Waals surface area (Å²) in [5.74, 6) is 1.31. The Morgan fingerprint density at radius 1 is 1.29 bits per heavy atom. The van der Waals surface area contributed by atoms with Crippen LogP contribution in [-0.4, -0.2) is 79.0 Å². The van der Waals surface area contributed by atoms with Gasteiger partial charge in [-0.05, 0) is 23.8 Å². The molecule has 1 saturated heterocycles. The van der Waals surface area contributed by atoms with Gasteiger partial charge in [-0.2, -0.15) is 5.10 Å². The van der Waals surface area contributed by atoms with Crippen LogP contribution in [0, 0.1) is 0 Å². The number of rotatable bonds is 11. The monoisotopic (exact) mass is 390 g/mol. The van der Waals surface area contributed by atoms with Crippen LogP contribution in [0.1, 0.15) is 5.56 Å². The van der Waals surface area contributed by atoms with Crippen LogP contribution in [-0.2, 0) is 17.8 Å².